The van der Waals surface area contributed by atoms with E-state index >= 15 is 0 Å². The quantitative estimate of drug-likeness (QED) is 0.724. The minimum Gasteiger partial charge on any atom is -0.268 e. The Balaban J connectivity index is 2.76. The molecule has 15 heavy (non-hydrogen) atoms. The number of hydrogen-bond donors (Lipinski definition) is 0. The second-order valence-electron chi connectivity index (χ2n) is 4.44. The Morgan fingerprint density at radius 1 is 1.47 bits per heavy atom. The summed E-state index contributed by atoms with van der Waals surface area (Å²) in [6, 6.07) is 1.49. The van der Waals surface area contributed by atoms with E-state index in [0.29, 0.717) is 4.34 Å². The second kappa shape index (κ2) is 5.17. The van der Waals surface area contributed by atoms with Gasteiger partial charge in [0.2, 0.25) is 0 Å². The smallest absolute Gasteiger partial charge is 0.262 e. The molecule has 2 nitrogen and oxygen atoms in total. The van der Waals surface area contributed by atoms with Crippen molar-refractivity contribution in [1.82, 2.24) is 3.96 Å². The number of aromatic nitrogens is 1. The van der Waals surface area contributed by atoms with E-state index in [0.717, 1.165) is 12.8 Å². The largest absolute Gasteiger partial charge is 0.268 e. The van der Waals surface area contributed by atoms with Crippen LogP contribution >= 0.6 is 23.1 Å². The van der Waals surface area contributed by atoms with E-state index in [1.165, 1.54) is 30.4 Å². The Morgan fingerprint density at radius 3 is 2.60 bits per heavy atom. The summed E-state index contributed by atoms with van der Waals surface area (Å²) in [5, 5.41) is 0. The molecule has 0 unspecified atom stereocenters. The van der Waals surface area contributed by atoms with Crippen LogP contribution in [0.5, 0.6) is 0 Å². The highest BCUT2D eigenvalue weighted by Gasteiger charge is 2.22. The number of unbranched alkanes of at least 4 members (excludes halogenated alkanes) is 2. The molecule has 0 spiro atoms. The van der Waals surface area contributed by atoms with Crippen molar-refractivity contribution in [3.8, 4) is 0 Å². The molecule has 86 valence electrons. The summed E-state index contributed by atoms with van der Waals surface area (Å²) >= 11 is 7.18. The average Bonchev–Trinajstić information content (AvgIpc) is 2.46. The van der Waals surface area contributed by atoms with Crippen LogP contribution in [0.25, 0.3) is 0 Å². The molecule has 0 radical (unpaired) electrons. The molecule has 1 aromatic rings. The van der Waals surface area contributed by atoms with Gasteiger partial charge in [-0.25, -0.2) is 0 Å². The normalized spacial score (nSPS) is 12.0. The summed E-state index contributed by atoms with van der Waals surface area (Å²) in [4.78, 5) is 11.6. The summed E-state index contributed by atoms with van der Waals surface area (Å²) < 4.78 is 2.36. The molecule has 0 atom stereocenters. The van der Waals surface area contributed by atoms with Crippen molar-refractivity contribution in [3.05, 3.63) is 20.8 Å². The molecule has 0 amide bonds. The number of hydrogen-bond acceptors (Lipinski definition) is 2. The summed E-state index contributed by atoms with van der Waals surface area (Å²) in [6.45, 7) is 6.37. The van der Waals surface area contributed by atoms with Gasteiger partial charge in [-0.3, -0.25) is 8.75 Å². The molecule has 0 aliphatic carbocycles. The van der Waals surface area contributed by atoms with E-state index in [2.05, 4.69) is 20.8 Å². The molecule has 1 aromatic heterocycles. The van der Waals surface area contributed by atoms with Gasteiger partial charge in [0.25, 0.3) is 5.56 Å². The third-order valence-electron chi connectivity index (χ3n) is 2.56. The van der Waals surface area contributed by atoms with Crippen molar-refractivity contribution >= 4 is 23.1 Å². The Hall–Kier alpha value is -0.280. The molecule has 0 saturated heterocycles. The van der Waals surface area contributed by atoms with Crippen molar-refractivity contribution in [2.45, 2.75) is 52.0 Å². The molecule has 0 aliphatic rings. The van der Waals surface area contributed by atoms with Crippen molar-refractivity contribution in [2.75, 3.05) is 0 Å². The highest BCUT2D eigenvalue weighted by molar-refractivity contribution is 7.11. The first-order valence-electron chi connectivity index (χ1n) is 5.37. The van der Waals surface area contributed by atoms with Gasteiger partial charge in [0.1, 0.15) is 4.34 Å². The number of nitrogens with zero attached hydrogens (tertiary/aromatic N) is 1. The SMILES string of the molecule is CCCCCC(C)(C)n1sc(Cl)cc1=O. The lowest BCUT2D eigenvalue weighted by Gasteiger charge is -2.24. The molecule has 0 fully saturated rings. The van der Waals surface area contributed by atoms with Crippen molar-refractivity contribution in [3.63, 3.8) is 0 Å². The average molecular weight is 248 g/mol. The highest BCUT2D eigenvalue weighted by Crippen LogP contribution is 2.26. The van der Waals surface area contributed by atoms with Gasteiger partial charge >= 0.3 is 0 Å². The molecular weight excluding hydrogens is 230 g/mol. The Morgan fingerprint density at radius 2 is 2.13 bits per heavy atom. The van der Waals surface area contributed by atoms with E-state index in [-0.39, 0.29) is 11.1 Å². The van der Waals surface area contributed by atoms with Gasteiger partial charge in [0, 0.05) is 6.07 Å². The number of rotatable bonds is 5. The zero-order valence-electron chi connectivity index (χ0n) is 9.55. The van der Waals surface area contributed by atoms with Gasteiger partial charge in [-0.05, 0) is 31.8 Å². The first-order chi connectivity index (χ1) is 6.97. The molecule has 4 heteroatoms. The van der Waals surface area contributed by atoms with Crippen LogP contribution in [0, 0.1) is 0 Å². The molecule has 0 N–H and O–H groups in total. The minimum atomic E-state index is -0.107. The van der Waals surface area contributed by atoms with Crippen LogP contribution in [0.4, 0.5) is 0 Å². The zero-order chi connectivity index (χ0) is 11.5. The minimum absolute atomic E-state index is 0.0199. The fraction of sp³-hybridized carbons (Fsp3) is 0.727. The van der Waals surface area contributed by atoms with Gasteiger partial charge in [0.05, 0.1) is 5.54 Å². The van der Waals surface area contributed by atoms with Gasteiger partial charge in [-0.15, -0.1) is 0 Å². The monoisotopic (exact) mass is 247 g/mol. The third kappa shape index (κ3) is 3.35. The van der Waals surface area contributed by atoms with E-state index in [4.69, 9.17) is 11.6 Å². The van der Waals surface area contributed by atoms with Crippen LogP contribution < -0.4 is 5.56 Å². The molecule has 0 bridgehead atoms. The summed E-state index contributed by atoms with van der Waals surface area (Å²) in [5.74, 6) is 0. The summed E-state index contributed by atoms with van der Waals surface area (Å²) in [5.41, 5.74) is -0.0872. The maximum absolute atomic E-state index is 11.6. The second-order valence-corrected chi connectivity index (χ2v) is 6.06. The first-order valence-corrected chi connectivity index (χ1v) is 6.52. The molecule has 1 heterocycles. The lowest BCUT2D eigenvalue weighted by molar-refractivity contribution is 0.331. The molecule has 0 aliphatic heterocycles. The maximum Gasteiger partial charge on any atom is 0.262 e. The van der Waals surface area contributed by atoms with Crippen LogP contribution in [0.3, 0.4) is 0 Å². The van der Waals surface area contributed by atoms with Crippen molar-refractivity contribution < 1.29 is 0 Å². The Bertz CT molecular complexity index is 367. The van der Waals surface area contributed by atoms with Gasteiger partial charge in [-0.2, -0.15) is 0 Å². The maximum atomic E-state index is 11.6. The lowest BCUT2D eigenvalue weighted by Crippen LogP contribution is -2.32. The van der Waals surface area contributed by atoms with Crippen LogP contribution in [0.2, 0.25) is 4.34 Å². The van der Waals surface area contributed by atoms with E-state index < -0.39 is 0 Å². The van der Waals surface area contributed by atoms with Crippen LogP contribution in [0.1, 0.15) is 46.5 Å². The third-order valence-corrected chi connectivity index (χ3v) is 4.02. The summed E-state index contributed by atoms with van der Waals surface area (Å²) in [6.07, 6.45) is 4.61. The Kier molecular flexibility index (Phi) is 4.41. The molecule has 0 aromatic carbocycles. The zero-order valence-corrected chi connectivity index (χ0v) is 11.1. The predicted molar refractivity (Wildman–Crippen MR) is 67.1 cm³/mol. The van der Waals surface area contributed by atoms with Crippen LogP contribution in [0.15, 0.2) is 10.9 Å². The highest BCUT2D eigenvalue weighted by atomic mass is 35.5. The van der Waals surface area contributed by atoms with E-state index in [1.807, 2.05) is 0 Å². The van der Waals surface area contributed by atoms with Gasteiger partial charge in [0.15, 0.2) is 0 Å². The Labute approximate surface area is 100 Å². The lowest BCUT2D eigenvalue weighted by atomic mass is 9.97. The predicted octanol–water partition coefficient (Wildman–Crippen LogP) is 3.88. The summed E-state index contributed by atoms with van der Waals surface area (Å²) in [7, 11) is 0. The topological polar surface area (TPSA) is 22.0 Å². The van der Waals surface area contributed by atoms with Crippen LogP contribution in [-0.2, 0) is 5.54 Å². The van der Waals surface area contributed by atoms with E-state index in [1.54, 1.807) is 3.96 Å². The fourth-order valence-corrected chi connectivity index (χ4v) is 2.75. The number of halogens is 1. The van der Waals surface area contributed by atoms with Crippen LogP contribution in [-0.4, -0.2) is 3.96 Å². The molecule has 1 rings (SSSR count). The fourth-order valence-electron chi connectivity index (χ4n) is 1.65. The first kappa shape index (κ1) is 12.8. The molecule has 0 saturated carbocycles. The van der Waals surface area contributed by atoms with Crippen molar-refractivity contribution in [1.29, 1.82) is 0 Å². The standard InChI is InChI=1S/C11H18ClNOS/c1-4-5-6-7-11(2,3)13-10(14)8-9(12)15-13/h8H,4-7H2,1-3H3. The van der Waals surface area contributed by atoms with E-state index in [9.17, 15) is 4.79 Å². The van der Waals surface area contributed by atoms with Crippen molar-refractivity contribution in [2.24, 2.45) is 0 Å². The molecular formula is C11H18ClNOS. The van der Waals surface area contributed by atoms with Gasteiger partial charge < -0.3 is 0 Å². The van der Waals surface area contributed by atoms with Gasteiger partial charge in [-0.1, -0.05) is 37.8 Å².